The molecule has 0 amide bonds. The fraction of sp³-hybridized carbons (Fsp3) is 0.394. The topological polar surface area (TPSA) is 29.5 Å². The first-order valence-electron chi connectivity index (χ1n) is 14.1. The van der Waals surface area contributed by atoms with E-state index in [-0.39, 0.29) is 5.75 Å². The zero-order chi connectivity index (χ0) is 31.1. The number of thioether (sulfide) groups is 1. The Balaban J connectivity index is 1.29. The number of aryl methyl sites for hydroxylation is 1. The van der Waals surface area contributed by atoms with Crippen LogP contribution in [0.15, 0.2) is 72.8 Å². The summed E-state index contributed by atoms with van der Waals surface area (Å²) in [6.45, 7) is 0.417. The number of halogens is 7. The van der Waals surface area contributed by atoms with E-state index in [0.29, 0.717) is 37.4 Å². The molecule has 3 aromatic carbocycles. The van der Waals surface area contributed by atoms with Crippen LogP contribution in [0.1, 0.15) is 60.8 Å². The normalized spacial score (nSPS) is 14.4. The van der Waals surface area contributed by atoms with Gasteiger partial charge in [0.15, 0.2) is 0 Å². The van der Waals surface area contributed by atoms with E-state index in [9.17, 15) is 35.8 Å². The Morgan fingerprint density at radius 1 is 0.744 bits per heavy atom. The lowest BCUT2D eigenvalue weighted by Crippen LogP contribution is -2.52. The van der Waals surface area contributed by atoms with E-state index in [4.69, 9.17) is 4.74 Å². The minimum Gasteiger partial charge on any atom is -0.508 e. The summed E-state index contributed by atoms with van der Waals surface area (Å²) in [7, 11) is 0. The number of fused-ring (bicyclic) bond motifs is 1. The van der Waals surface area contributed by atoms with E-state index in [1.165, 1.54) is 5.57 Å². The van der Waals surface area contributed by atoms with Crippen molar-refractivity contribution in [2.24, 2.45) is 0 Å². The zero-order valence-corrected chi connectivity index (χ0v) is 24.2. The Morgan fingerprint density at radius 2 is 1.47 bits per heavy atom. The Morgan fingerprint density at radius 3 is 2.16 bits per heavy atom. The van der Waals surface area contributed by atoms with Gasteiger partial charge in [-0.3, -0.25) is 0 Å². The maximum atomic E-state index is 13.3. The molecule has 0 aliphatic heterocycles. The molecule has 1 aliphatic rings. The van der Waals surface area contributed by atoms with E-state index in [1.54, 1.807) is 6.07 Å². The number of hydrogen-bond acceptors (Lipinski definition) is 3. The lowest BCUT2D eigenvalue weighted by atomic mass is 9.88. The molecule has 1 N–H and O–H groups in total. The SMILES string of the molecule is Oc1ccc2c(c1)CCCC(c1ccccc1)=C2c1ccc(OCCCCCSCCC(F)(F)C(F)(F)C(F)(F)F)cc1. The van der Waals surface area contributed by atoms with E-state index in [1.807, 2.05) is 54.6 Å². The molecule has 0 unspecified atom stereocenters. The summed E-state index contributed by atoms with van der Waals surface area (Å²) in [5.74, 6) is -10.4. The highest BCUT2D eigenvalue weighted by Gasteiger charge is 2.72. The maximum absolute atomic E-state index is 13.3. The summed E-state index contributed by atoms with van der Waals surface area (Å²) < 4.78 is 95.1. The van der Waals surface area contributed by atoms with Gasteiger partial charge in [-0.25, -0.2) is 0 Å². The van der Waals surface area contributed by atoms with Crippen molar-refractivity contribution in [1.82, 2.24) is 0 Å². The number of unbranched alkanes of at least 4 members (excludes halogenated alkanes) is 2. The average molecular weight is 627 g/mol. The molecule has 0 saturated heterocycles. The van der Waals surface area contributed by atoms with Crippen molar-refractivity contribution < 1.29 is 40.6 Å². The summed E-state index contributed by atoms with van der Waals surface area (Å²) in [5, 5.41) is 10.1. The standard InChI is InChI=1S/C33H33F7O2S/c34-31(35,32(36,37)33(38,39)40)18-21-43-20-6-2-5-19-42-27-15-12-24(13-16-27)30-28(23-8-3-1-4-9-23)11-7-10-25-22-26(41)14-17-29(25)30/h1,3-4,8-9,12-17,22,41H,2,5-7,10-11,18-21H2. The van der Waals surface area contributed by atoms with Crippen molar-refractivity contribution >= 4 is 22.9 Å². The first-order valence-corrected chi connectivity index (χ1v) is 15.3. The Kier molecular flexibility index (Phi) is 10.7. The Bertz CT molecular complexity index is 1370. The van der Waals surface area contributed by atoms with Crippen molar-refractivity contribution in [1.29, 1.82) is 0 Å². The third-order valence-electron chi connectivity index (χ3n) is 7.38. The monoisotopic (exact) mass is 626 g/mol. The van der Waals surface area contributed by atoms with Crippen LogP contribution in [0, 0.1) is 0 Å². The lowest BCUT2D eigenvalue weighted by Gasteiger charge is -2.28. The minimum atomic E-state index is -6.28. The van der Waals surface area contributed by atoms with Crippen molar-refractivity contribution in [3.63, 3.8) is 0 Å². The number of alkyl halides is 7. The van der Waals surface area contributed by atoms with Gasteiger partial charge in [0.25, 0.3) is 0 Å². The molecule has 0 fully saturated rings. The van der Waals surface area contributed by atoms with Crippen LogP contribution in [0.25, 0.3) is 11.1 Å². The highest BCUT2D eigenvalue weighted by molar-refractivity contribution is 7.99. The smallest absolute Gasteiger partial charge is 0.459 e. The summed E-state index contributed by atoms with van der Waals surface area (Å²) in [5.41, 5.74) is 6.77. The fourth-order valence-electron chi connectivity index (χ4n) is 5.09. The van der Waals surface area contributed by atoms with Crippen LogP contribution in [0.2, 0.25) is 0 Å². The predicted molar refractivity (Wildman–Crippen MR) is 157 cm³/mol. The predicted octanol–water partition coefficient (Wildman–Crippen LogP) is 10.2. The van der Waals surface area contributed by atoms with Gasteiger partial charge in [-0.2, -0.15) is 42.5 Å². The van der Waals surface area contributed by atoms with Gasteiger partial charge >= 0.3 is 18.0 Å². The molecule has 0 bridgehead atoms. The van der Waals surface area contributed by atoms with Gasteiger partial charge in [-0.1, -0.05) is 48.5 Å². The molecule has 10 heteroatoms. The van der Waals surface area contributed by atoms with Gasteiger partial charge in [0.1, 0.15) is 11.5 Å². The third-order valence-corrected chi connectivity index (χ3v) is 8.45. The second-order valence-corrected chi connectivity index (χ2v) is 11.7. The number of phenolic OH excluding ortho intramolecular Hbond substituents is 1. The molecule has 0 heterocycles. The zero-order valence-electron chi connectivity index (χ0n) is 23.4. The number of benzene rings is 3. The number of phenols is 1. The molecular weight excluding hydrogens is 593 g/mol. The first kappa shape index (κ1) is 32.8. The average Bonchev–Trinajstić information content (AvgIpc) is 3.15. The van der Waals surface area contributed by atoms with Gasteiger partial charge < -0.3 is 9.84 Å². The first-order chi connectivity index (χ1) is 20.4. The number of ether oxygens (including phenoxy) is 1. The van der Waals surface area contributed by atoms with Gasteiger partial charge in [0, 0.05) is 6.42 Å². The van der Waals surface area contributed by atoms with Gasteiger partial charge in [0.05, 0.1) is 6.61 Å². The van der Waals surface area contributed by atoms with Gasteiger partial charge in [0.2, 0.25) is 0 Å². The van der Waals surface area contributed by atoms with Crippen LogP contribution < -0.4 is 4.74 Å². The largest absolute Gasteiger partial charge is 0.508 e. The molecule has 0 spiro atoms. The van der Waals surface area contributed by atoms with Crippen molar-refractivity contribution in [3.8, 4) is 11.5 Å². The van der Waals surface area contributed by atoms with Crippen LogP contribution >= 0.6 is 11.8 Å². The van der Waals surface area contributed by atoms with Crippen molar-refractivity contribution in [2.45, 2.75) is 63.0 Å². The molecule has 3 aromatic rings. The lowest BCUT2D eigenvalue weighted by molar-refractivity contribution is -0.354. The highest BCUT2D eigenvalue weighted by atomic mass is 32.2. The summed E-state index contributed by atoms with van der Waals surface area (Å²) in [4.78, 5) is 0. The van der Waals surface area contributed by atoms with Crippen LogP contribution in [0.3, 0.4) is 0 Å². The highest BCUT2D eigenvalue weighted by Crippen LogP contribution is 2.48. The Hall–Kier alpha value is -3.14. The quantitative estimate of drug-likeness (QED) is 0.151. The number of aromatic hydroxyl groups is 1. The number of hydrogen-bond donors (Lipinski definition) is 1. The molecular formula is C33H33F7O2S. The van der Waals surface area contributed by atoms with E-state index >= 15 is 0 Å². The van der Waals surface area contributed by atoms with Crippen molar-refractivity contribution in [2.75, 3.05) is 18.1 Å². The summed E-state index contributed by atoms with van der Waals surface area (Å²) in [6.07, 6.45) is -3.14. The molecule has 0 radical (unpaired) electrons. The van der Waals surface area contributed by atoms with E-state index in [0.717, 1.165) is 58.9 Å². The molecule has 232 valence electrons. The van der Waals surface area contributed by atoms with Crippen LogP contribution in [0.4, 0.5) is 30.7 Å². The second kappa shape index (κ2) is 14.1. The van der Waals surface area contributed by atoms with Crippen LogP contribution in [0.5, 0.6) is 11.5 Å². The molecule has 0 aromatic heterocycles. The molecule has 0 saturated carbocycles. The number of allylic oxidation sites excluding steroid dienone is 1. The molecule has 43 heavy (non-hydrogen) atoms. The third kappa shape index (κ3) is 8.08. The summed E-state index contributed by atoms with van der Waals surface area (Å²) in [6, 6.07) is 23.6. The number of rotatable bonds is 13. The van der Waals surface area contributed by atoms with Crippen molar-refractivity contribution in [3.05, 3.63) is 95.1 Å². The van der Waals surface area contributed by atoms with E-state index in [2.05, 4.69) is 12.1 Å². The van der Waals surface area contributed by atoms with Crippen LogP contribution in [-0.2, 0) is 6.42 Å². The van der Waals surface area contributed by atoms with E-state index < -0.39 is 30.2 Å². The molecule has 2 nitrogen and oxygen atoms in total. The molecule has 4 rings (SSSR count). The maximum Gasteiger partial charge on any atom is 0.459 e. The Labute approximate surface area is 251 Å². The van der Waals surface area contributed by atoms with Crippen LogP contribution in [-0.4, -0.2) is 41.2 Å². The fourth-order valence-corrected chi connectivity index (χ4v) is 6.10. The molecule has 1 aliphatic carbocycles. The van der Waals surface area contributed by atoms with Gasteiger partial charge in [-0.15, -0.1) is 0 Å². The van der Waals surface area contributed by atoms with Gasteiger partial charge in [-0.05, 0) is 108 Å². The molecule has 0 atom stereocenters. The second-order valence-electron chi connectivity index (χ2n) is 10.5. The summed E-state index contributed by atoms with van der Waals surface area (Å²) >= 11 is 0.933. The minimum absolute atomic E-state index is 0.246.